The van der Waals surface area contributed by atoms with Crippen molar-refractivity contribution >= 4 is 18.3 Å². The molecular weight excluding hydrogens is 354 g/mol. The van der Waals surface area contributed by atoms with Crippen LogP contribution in [0, 0.1) is 0 Å². The predicted molar refractivity (Wildman–Crippen MR) is 91.0 cm³/mol. The van der Waals surface area contributed by atoms with E-state index in [0.29, 0.717) is 29.9 Å². The van der Waals surface area contributed by atoms with Crippen LogP contribution < -0.4 is 10.5 Å². The van der Waals surface area contributed by atoms with Gasteiger partial charge in [0.25, 0.3) is 5.91 Å². The zero-order valence-electron chi connectivity index (χ0n) is 13.3. The number of ether oxygens (including phenoxy) is 1. The van der Waals surface area contributed by atoms with Gasteiger partial charge in [-0.3, -0.25) is 9.89 Å². The summed E-state index contributed by atoms with van der Waals surface area (Å²) >= 11 is 0. The van der Waals surface area contributed by atoms with E-state index in [9.17, 15) is 13.6 Å². The number of benzene rings is 1. The molecule has 1 amide bonds. The van der Waals surface area contributed by atoms with Gasteiger partial charge < -0.3 is 15.4 Å². The lowest BCUT2D eigenvalue weighted by Gasteiger charge is -2.30. The Balaban J connectivity index is 0.00000225. The van der Waals surface area contributed by atoms with Crippen molar-refractivity contribution in [3.63, 3.8) is 0 Å². The summed E-state index contributed by atoms with van der Waals surface area (Å²) in [5, 5.41) is 6.70. The van der Waals surface area contributed by atoms with Crippen molar-refractivity contribution in [3.8, 4) is 17.0 Å². The van der Waals surface area contributed by atoms with Gasteiger partial charge in [-0.05, 0) is 25.0 Å². The van der Waals surface area contributed by atoms with E-state index in [1.54, 1.807) is 17.0 Å². The van der Waals surface area contributed by atoms with Gasteiger partial charge in [0, 0.05) is 24.7 Å². The van der Waals surface area contributed by atoms with Crippen molar-refractivity contribution in [2.75, 3.05) is 13.1 Å². The fourth-order valence-electron chi connectivity index (χ4n) is 2.77. The largest absolute Gasteiger partial charge is 0.435 e. The summed E-state index contributed by atoms with van der Waals surface area (Å²) in [6.07, 6.45) is 2.97. The van der Waals surface area contributed by atoms with Crippen molar-refractivity contribution in [2.45, 2.75) is 25.5 Å². The smallest absolute Gasteiger partial charge is 0.387 e. The molecule has 25 heavy (non-hydrogen) atoms. The average molecular weight is 373 g/mol. The number of carbonyl (C=O) groups excluding carboxylic acids is 1. The summed E-state index contributed by atoms with van der Waals surface area (Å²) in [6, 6.07) is 6.29. The van der Waals surface area contributed by atoms with Crippen LogP contribution in [0.4, 0.5) is 8.78 Å². The first-order valence-electron chi connectivity index (χ1n) is 7.68. The number of H-pyrrole nitrogens is 1. The molecule has 1 saturated heterocycles. The second kappa shape index (κ2) is 8.26. The highest BCUT2D eigenvalue weighted by atomic mass is 35.5. The first kappa shape index (κ1) is 19.1. The average Bonchev–Trinajstić information content (AvgIpc) is 3.04. The van der Waals surface area contributed by atoms with Crippen LogP contribution in [0.1, 0.15) is 23.2 Å². The maximum absolute atomic E-state index is 12.7. The normalized spacial score (nSPS) is 15.1. The van der Waals surface area contributed by atoms with Gasteiger partial charge in [-0.25, -0.2) is 0 Å². The summed E-state index contributed by atoms with van der Waals surface area (Å²) in [6.45, 7) is -1.71. The summed E-state index contributed by atoms with van der Waals surface area (Å²) in [7, 11) is 0. The minimum absolute atomic E-state index is 0. The molecule has 2 heterocycles. The molecule has 0 radical (unpaired) electrons. The van der Waals surface area contributed by atoms with Crippen LogP contribution >= 0.6 is 12.4 Å². The maximum atomic E-state index is 12.7. The number of aromatic nitrogens is 2. The lowest BCUT2D eigenvalue weighted by molar-refractivity contribution is -0.0498. The Kier molecular flexibility index (Phi) is 6.33. The number of carbonyl (C=O) groups is 1. The third-order valence-electron chi connectivity index (χ3n) is 4.04. The van der Waals surface area contributed by atoms with Crippen molar-refractivity contribution in [1.29, 1.82) is 0 Å². The van der Waals surface area contributed by atoms with E-state index in [1.807, 2.05) is 0 Å². The monoisotopic (exact) mass is 372 g/mol. The highest BCUT2D eigenvalue weighted by Crippen LogP contribution is 2.27. The van der Waals surface area contributed by atoms with Gasteiger partial charge in [0.05, 0.1) is 17.5 Å². The molecule has 0 aliphatic carbocycles. The fourth-order valence-corrected chi connectivity index (χ4v) is 2.77. The second-order valence-corrected chi connectivity index (χ2v) is 5.69. The van der Waals surface area contributed by atoms with Gasteiger partial charge in [0.2, 0.25) is 0 Å². The zero-order chi connectivity index (χ0) is 17.1. The molecule has 1 aliphatic rings. The van der Waals surface area contributed by atoms with Crippen molar-refractivity contribution < 1.29 is 18.3 Å². The highest BCUT2D eigenvalue weighted by molar-refractivity contribution is 5.99. The molecule has 6 nitrogen and oxygen atoms in total. The molecule has 9 heteroatoms. The van der Waals surface area contributed by atoms with E-state index in [1.165, 1.54) is 18.3 Å². The molecule has 1 aliphatic heterocycles. The molecule has 0 saturated carbocycles. The fraction of sp³-hybridized carbons (Fsp3) is 0.375. The van der Waals surface area contributed by atoms with Gasteiger partial charge in [0.15, 0.2) is 0 Å². The molecule has 0 unspecified atom stereocenters. The molecule has 0 atom stereocenters. The van der Waals surface area contributed by atoms with E-state index >= 15 is 0 Å². The molecule has 3 rings (SSSR count). The van der Waals surface area contributed by atoms with Crippen LogP contribution in [-0.4, -0.2) is 46.7 Å². The number of hydrogen-bond acceptors (Lipinski definition) is 4. The van der Waals surface area contributed by atoms with E-state index in [0.717, 1.165) is 12.8 Å². The topological polar surface area (TPSA) is 84.2 Å². The molecule has 2 aromatic rings. The molecule has 1 fully saturated rings. The number of nitrogens with two attached hydrogens (primary N) is 1. The molecule has 0 spiro atoms. The number of nitrogens with one attached hydrogen (secondary N) is 1. The second-order valence-electron chi connectivity index (χ2n) is 5.69. The number of amides is 1. The van der Waals surface area contributed by atoms with Gasteiger partial charge >= 0.3 is 6.61 Å². The van der Waals surface area contributed by atoms with Crippen molar-refractivity contribution in [2.24, 2.45) is 5.73 Å². The molecular formula is C16H19ClF2N4O2. The first-order chi connectivity index (χ1) is 11.5. The van der Waals surface area contributed by atoms with E-state index in [2.05, 4.69) is 14.9 Å². The summed E-state index contributed by atoms with van der Waals surface area (Å²) < 4.78 is 29.1. The first-order valence-corrected chi connectivity index (χ1v) is 7.68. The van der Waals surface area contributed by atoms with Crippen molar-refractivity contribution in [3.05, 3.63) is 36.0 Å². The Bertz CT molecular complexity index is 718. The van der Waals surface area contributed by atoms with Crippen LogP contribution in [0.25, 0.3) is 11.3 Å². The number of rotatable bonds is 4. The van der Waals surface area contributed by atoms with Crippen LogP contribution in [0.2, 0.25) is 0 Å². The highest BCUT2D eigenvalue weighted by Gasteiger charge is 2.25. The number of likely N-dealkylation sites (tertiary alicyclic amines) is 1. The number of nitrogens with zero attached hydrogens (tertiary/aromatic N) is 2. The third-order valence-corrected chi connectivity index (χ3v) is 4.04. The number of aromatic amines is 1. The summed E-state index contributed by atoms with van der Waals surface area (Å²) in [5.74, 6) is -0.120. The molecule has 1 aromatic carbocycles. The molecule has 3 N–H and O–H groups in total. The van der Waals surface area contributed by atoms with Gasteiger partial charge in [0.1, 0.15) is 5.75 Å². The minimum atomic E-state index is -2.90. The summed E-state index contributed by atoms with van der Waals surface area (Å²) in [5.41, 5.74) is 7.30. The Morgan fingerprint density at radius 3 is 2.76 bits per heavy atom. The Morgan fingerprint density at radius 1 is 1.36 bits per heavy atom. The number of halogens is 3. The number of piperidine rings is 1. The van der Waals surface area contributed by atoms with Gasteiger partial charge in [-0.15, -0.1) is 12.4 Å². The van der Waals surface area contributed by atoms with Crippen LogP contribution in [0.3, 0.4) is 0 Å². The molecule has 1 aromatic heterocycles. The van der Waals surface area contributed by atoms with Gasteiger partial charge in [-0.1, -0.05) is 12.1 Å². The Labute approximate surface area is 149 Å². The van der Waals surface area contributed by atoms with Crippen LogP contribution in [0.5, 0.6) is 5.75 Å². The predicted octanol–water partition coefficient (Wildman–Crippen LogP) is 2.66. The third kappa shape index (κ3) is 4.46. The van der Waals surface area contributed by atoms with E-state index in [4.69, 9.17) is 5.73 Å². The van der Waals surface area contributed by atoms with E-state index in [-0.39, 0.29) is 30.1 Å². The number of hydrogen-bond donors (Lipinski definition) is 2. The SMILES string of the molecule is Cl.NC1CCN(C(=O)c2cn[nH]c2-c2cccc(OC(F)F)c2)CC1. The Morgan fingerprint density at radius 2 is 2.08 bits per heavy atom. The van der Waals surface area contributed by atoms with Gasteiger partial charge in [-0.2, -0.15) is 13.9 Å². The Hall–Kier alpha value is -2.19. The summed E-state index contributed by atoms with van der Waals surface area (Å²) in [4.78, 5) is 14.4. The number of alkyl halides is 2. The lowest BCUT2D eigenvalue weighted by atomic mass is 10.0. The van der Waals surface area contributed by atoms with Crippen LogP contribution in [0.15, 0.2) is 30.5 Å². The van der Waals surface area contributed by atoms with Crippen LogP contribution in [-0.2, 0) is 0 Å². The standard InChI is InChI=1S/C16H18F2N4O2.ClH/c17-16(18)24-12-3-1-2-10(8-12)14-13(9-20-21-14)15(23)22-6-4-11(19)5-7-22;/h1-3,8-9,11,16H,4-7,19H2,(H,20,21);1H. The van der Waals surface area contributed by atoms with Crippen molar-refractivity contribution in [1.82, 2.24) is 15.1 Å². The maximum Gasteiger partial charge on any atom is 0.387 e. The molecule has 0 bridgehead atoms. The quantitative estimate of drug-likeness (QED) is 0.864. The van der Waals surface area contributed by atoms with E-state index < -0.39 is 6.61 Å². The molecule has 136 valence electrons. The lowest BCUT2D eigenvalue weighted by Crippen LogP contribution is -2.42. The minimum Gasteiger partial charge on any atom is -0.435 e. The zero-order valence-corrected chi connectivity index (χ0v) is 14.1.